The Morgan fingerprint density at radius 1 is 1.19 bits per heavy atom. The van der Waals surface area contributed by atoms with Crippen LogP contribution in [-0.2, 0) is 16.1 Å². The molecule has 26 heavy (non-hydrogen) atoms. The number of ether oxygens (including phenoxy) is 1. The molecule has 6 heteroatoms. The van der Waals surface area contributed by atoms with Crippen LogP contribution in [0.15, 0.2) is 40.8 Å². The maximum atomic E-state index is 13.0. The first-order chi connectivity index (χ1) is 12.6. The van der Waals surface area contributed by atoms with Crippen LogP contribution in [0.3, 0.4) is 0 Å². The lowest BCUT2D eigenvalue weighted by Gasteiger charge is -2.32. The molecule has 1 aliphatic rings. The van der Waals surface area contributed by atoms with Crippen molar-refractivity contribution < 1.29 is 18.3 Å². The minimum atomic E-state index is -0.279. The molecule has 1 atom stereocenters. The zero-order chi connectivity index (χ0) is 18.4. The number of carbonyl (C=O) groups is 1. The molecule has 0 radical (unpaired) electrons. The Morgan fingerprint density at radius 3 is 2.65 bits per heavy atom. The van der Waals surface area contributed by atoms with Crippen molar-refractivity contribution in [3.8, 4) is 11.3 Å². The Hall–Kier alpha value is -2.18. The molecular weight excluding hydrogens is 335 g/mol. The summed E-state index contributed by atoms with van der Waals surface area (Å²) in [5.74, 6) is 1.08. The Balaban J connectivity index is 1.42. The highest BCUT2D eigenvalue weighted by molar-refractivity contribution is 5.75. The first-order valence-corrected chi connectivity index (χ1v) is 9.05. The molecule has 5 nitrogen and oxygen atoms in total. The van der Waals surface area contributed by atoms with E-state index in [1.54, 1.807) is 12.1 Å². The van der Waals surface area contributed by atoms with E-state index in [1.165, 1.54) is 12.1 Å². The van der Waals surface area contributed by atoms with Crippen LogP contribution in [0.25, 0.3) is 11.3 Å². The number of hydrogen-bond acceptors (Lipinski definition) is 4. The summed E-state index contributed by atoms with van der Waals surface area (Å²) in [6.07, 6.45) is 1.31. The third-order valence-electron chi connectivity index (χ3n) is 4.71. The average molecular weight is 360 g/mol. The van der Waals surface area contributed by atoms with E-state index in [1.807, 2.05) is 12.1 Å². The van der Waals surface area contributed by atoms with Gasteiger partial charge in [-0.15, -0.1) is 0 Å². The monoisotopic (exact) mass is 360 g/mol. The zero-order valence-corrected chi connectivity index (χ0v) is 15.0. The summed E-state index contributed by atoms with van der Waals surface area (Å²) in [6.45, 7) is 5.91. The maximum Gasteiger partial charge on any atom is 0.220 e. The summed E-state index contributed by atoms with van der Waals surface area (Å²) in [5, 5.41) is 2.90. The van der Waals surface area contributed by atoms with Gasteiger partial charge in [0.25, 0.3) is 0 Å². The summed E-state index contributed by atoms with van der Waals surface area (Å²) in [5.41, 5.74) is 0.809. The van der Waals surface area contributed by atoms with E-state index in [9.17, 15) is 9.18 Å². The largest absolute Gasteiger partial charge is 0.459 e. The number of hydrogen-bond donors (Lipinski definition) is 1. The van der Waals surface area contributed by atoms with Gasteiger partial charge in [0.05, 0.1) is 19.8 Å². The molecule has 2 heterocycles. The molecule has 0 aliphatic carbocycles. The van der Waals surface area contributed by atoms with Gasteiger partial charge in [-0.1, -0.05) is 0 Å². The third-order valence-corrected chi connectivity index (χ3v) is 4.71. The first-order valence-electron chi connectivity index (χ1n) is 9.05. The summed E-state index contributed by atoms with van der Waals surface area (Å²) in [6, 6.07) is 10.2. The molecular formula is C20H25FN2O3. The Kier molecular flexibility index (Phi) is 6.41. The van der Waals surface area contributed by atoms with Gasteiger partial charge in [-0.3, -0.25) is 9.69 Å². The quantitative estimate of drug-likeness (QED) is 0.824. The van der Waals surface area contributed by atoms with Crippen LogP contribution in [0.1, 0.15) is 25.5 Å². The molecule has 1 fully saturated rings. The molecule has 1 amide bonds. The van der Waals surface area contributed by atoms with Crippen molar-refractivity contribution in [3.05, 3.63) is 48.0 Å². The number of halogens is 1. The van der Waals surface area contributed by atoms with E-state index < -0.39 is 0 Å². The van der Waals surface area contributed by atoms with E-state index >= 15 is 0 Å². The third kappa shape index (κ3) is 5.16. The van der Waals surface area contributed by atoms with E-state index in [4.69, 9.17) is 9.15 Å². The van der Waals surface area contributed by atoms with Gasteiger partial charge in [-0.05, 0) is 49.7 Å². The zero-order valence-electron chi connectivity index (χ0n) is 15.0. The van der Waals surface area contributed by atoms with Crippen molar-refractivity contribution in [2.24, 2.45) is 0 Å². The number of nitrogens with one attached hydrogen (secondary N) is 1. The van der Waals surface area contributed by atoms with E-state index in [2.05, 4.69) is 17.1 Å². The van der Waals surface area contributed by atoms with Crippen LogP contribution in [0.4, 0.5) is 4.39 Å². The lowest BCUT2D eigenvalue weighted by Crippen LogP contribution is -2.42. The normalized spacial score (nSPS) is 16.4. The molecule has 3 rings (SSSR count). The average Bonchev–Trinajstić information content (AvgIpc) is 3.14. The molecule has 0 bridgehead atoms. The number of amides is 1. The van der Waals surface area contributed by atoms with Crippen molar-refractivity contribution in [1.82, 2.24) is 10.2 Å². The molecule has 0 spiro atoms. The van der Waals surface area contributed by atoms with Gasteiger partial charge >= 0.3 is 0 Å². The molecule has 1 aliphatic heterocycles. The predicted octanol–water partition coefficient (Wildman–Crippen LogP) is 3.20. The smallest absolute Gasteiger partial charge is 0.220 e. The van der Waals surface area contributed by atoms with Crippen LogP contribution < -0.4 is 5.32 Å². The number of nitrogens with zero attached hydrogens (tertiary/aromatic N) is 1. The molecule has 140 valence electrons. The van der Waals surface area contributed by atoms with E-state index in [-0.39, 0.29) is 11.7 Å². The van der Waals surface area contributed by atoms with Crippen molar-refractivity contribution in [3.63, 3.8) is 0 Å². The van der Waals surface area contributed by atoms with Gasteiger partial charge < -0.3 is 14.5 Å². The topological polar surface area (TPSA) is 54.7 Å². The highest BCUT2D eigenvalue weighted by atomic mass is 19.1. The molecule has 0 saturated carbocycles. The molecule has 1 N–H and O–H groups in total. The fourth-order valence-corrected chi connectivity index (χ4v) is 3.06. The number of rotatable bonds is 7. The van der Waals surface area contributed by atoms with Crippen molar-refractivity contribution in [1.29, 1.82) is 0 Å². The maximum absolute atomic E-state index is 13.0. The van der Waals surface area contributed by atoms with Crippen molar-refractivity contribution in [2.75, 3.05) is 26.3 Å². The van der Waals surface area contributed by atoms with Crippen LogP contribution in [-0.4, -0.2) is 43.2 Å². The molecule has 1 saturated heterocycles. The van der Waals surface area contributed by atoms with Gasteiger partial charge in [0.1, 0.15) is 17.3 Å². The van der Waals surface area contributed by atoms with Gasteiger partial charge in [0, 0.05) is 31.1 Å². The lowest BCUT2D eigenvalue weighted by molar-refractivity contribution is -0.121. The van der Waals surface area contributed by atoms with E-state index in [0.717, 1.165) is 38.3 Å². The fourth-order valence-electron chi connectivity index (χ4n) is 3.06. The first kappa shape index (κ1) is 18.6. The summed E-state index contributed by atoms with van der Waals surface area (Å²) >= 11 is 0. The Bertz CT molecular complexity index is 708. The van der Waals surface area contributed by atoms with Gasteiger partial charge in [-0.2, -0.15) is 0 Å². The van der Waals surface area contributed by atoms with Crippen LogP contribution in [0.2, 0.25) is 0 Å². The Morgan fingerprint density at radius 2 is 1.92 bits per heavy atom. The number of benzene rings is 1. The summed E-state index contributed by atoms with van der Waals surface area (Å²) in [7, 11) is 0. The molecule has 1 unspecified atom stereocenters. The van der Waals surface area contributed by atoms with Crippen molar-refractivity contribution in [2.45, 2.75) is 32.4 Å². The number of morpholine rings is 1. The Labute approximate surface area is 153 Å². The molecule has 1 aromatic carbocycles. The number of carbonyl (C=O) groups excluding carboxylic acids is 1. The molecule has 2 aromatic rings. The SMILES string of the molecule is CC(CCC(=O)NCc1ccc(-c2ccc(F)cc2)o1)N1CCOCC1. The minimum Gasteiger partial charge on any atom is -0.459 e. The second-order valence-corrected chi connectivity index (χ2v) is 6.59. The lowest BCUT2D eigenvalue weighted by atomic mass is 10.1. The van der Waals surface area contributed by atoms with E-state index in [0.29, 0.717) is 30.5 Å². The predicted molar refractivity (Wildman–Crippen MR) is 97.0 cm³/mol. The van der Waals surface area contributed by atoms with Crippen LogP contribution in [0.5, 0.6) is 0 Å². The van der Waals surface area contributed by atoms with Gasteiger partial charge in [0.2, 0.25) is 5.91 Å². The summed E-state index contributed by atoms with van der Waals surface area (Å²) in [4.78, 5) is 14.4. The van der Waals surface area contributed by atoms with Crippen molar-refractivity contribution >= 4 is 5.91 Å². The molecule has 1 aromatic heterocycles. The number of furan rings is 1. The highest BCUT2D eigenvalue weighted by Crippen LogP contribution is 2.22. The van der Waals surface area contributed by atoms with Gasteiger partial charge in [-0.25, -0.2) is 4.39 Å². The van der Waals surface area contributed by atoms with Crippen LogP contribution >= 0.6 is 0 Å². The fraction of sp³-hybridized carbons (Fsp3) is 0.450. The summed E-state index contributed by atoms with van der Waals surface area (Å²) < 4.78 is 24.1. The minimum absolute atomic E-state index is 0.0184. The van der Waals surface area contributed by atoms with Crippen LogP contribution in [0, 0.1) is 5.82 Å². The highest BCUT2D eigenvalue weighted by Gasteiger charge is 2.17. The standard InChI is InChI=1S/C20H25FN2O3/c1-15(23-10-12-25-13-11-23)2-9-20(24)22-14-18-7-8-19(26-18)16-3-5-17(21)6-4-16/h3-8,15H,2,9-14H2,1H3,(H,22,24). The second-order valence-electron chi connectivity index (χ2n) is 6.59. The van der Waals surface area contributed by atoms with Gasteiger partial charge in [0.15, 0.2) is 0 Å². The second kappa shape index (κ2) is 8.96.